The van der Waals surface area contributed by atoms with E-state index in [0.29, 0.717) is 0 Å². The molecule has 2 unspecified atom stereocenters. The predicted molar refractivity (Wildman–Crippen MR) is 69.8 cm³/mol. The lowest BCUT2D eigenvalue weighted by atomic mass is 9.98. The van der Waals surface area contributed by atoms with Crippen LogP contribution in [0.4, 0.5) is 13.2 Å². The van der Waals surface area contributed by atoms with Gasteiger partial charge in [0.15, 0.2) is 0 Å². The van der Waals surface area contributed by atoms with Crippen molar-refractivity contribution in [1.29, 1.82) is 0 Å². The Hall–Kier alpha value is -0.490. The maximum atomic E-state index is 12.8. The van der Waals surface area contributed by atoms with Crippen LogP contribution in [0.1, 0.15) is 6.42 Å². The van der Waals surface area contributed by atoms with E-state index in [0.717, 1.165) is 0 Å². The molecule has 22 heavy (non-hydrogen) atoms. The first-order valence-electron chi connectivity index (χ1n) is 7.11. The Labute approximate surface area is 126 Å². The highest BCUT2D eigenvalue weighted by molar-refractivity contribution is 4.93. The summed E-state index contributed by atoms with van der Waals surface area (Å²) in [4.78, 5) is 1.65. The van der Waals surface area contributed by atoms with Crippen molar-refractivity contribution in [3.8, 4) is 0 Å². The SMILES string of the molecule is CN1CCC(C(F)(F)F)NC1N[C@@H]1CO[C@H](CO)[C@H](O)[C@@H]1O. The van der Waals surface area contributed by atoms with Crippen LogP contribution in [-0.4, -0.2) is 89.9 Å². The third-order valence-corrected chi connectivity index (χ3v) is 4.15. The number of nitrogens with one attached hydrogen (secondary N) is 2. The first-order valence-corrected chi connectivity index (χ1v) is 7.11. The summed E-state index contributed by atoms with van der Waals surface area (Å²) in [5.74, 6) is 0. The maximum Gasteiger partial charge on any atom is 0.403 e. The van der Waals surface area contributed by atoms with Crippen LogP contribution in [-0.2, 0) is 4.74 Å². The van der Waals surface area contributed by atoms with Crippen LogP contribution in [0.3, 0.4) is 0 Å². The summed E-state index contributed by atoms with van der Waals surface area (Å²) in [6.07, 6.45) is -8.65. The number of hydrogen-bond acceptors (Lipinski definition) is 7. The Bertz CT molecular complexity index is 374. The van der Waals surface area contributed by atoms with E-state index in [-0.39, 0.29) is 19.6 Å². The fourth-order valence-electron chi connectivity index (χ4n) is 2.69. The zero-order chi connectivity index (χ0) is 16.5. The second kappa shape index (κ2) is 6.95. The largest absolute Gasteiger partial charge is 0.403 e. The fourth-order valence-corrected chi connectivity index (χ4v) is 2.69. The van der Waals surface area contributed by atoms with Crippen molar-refractivity contribution in [3.63, 3.8) is 0 Å². The van der Waals surface area contributed by atoms with Crippen molar-refractivity contribution in [1.82, 2.24) is 15.5 Å². The van der Waals surface area contributed by atoms with E-state index in [2.05, 4.69) is 10.6 Å². The molecule has 10 heteroatoms. The number of ether oxygens (including phenoxy) is 1. The molecule has 5 N–H and O–H groups in total. The lowest BCUT2D eigenvalue weighted by Crippen LogP contribution is -2.69. The zero-order valence-corrected chi connectivity index (χ0v) is 12.1. The third kappa shape index (κ3) is 3.88. The Morgan fingerprint density at radius 1 is 1.32 bits per heavy atom. The van der Waals surface area contributed by atoms with E-state index < -0.39 is 49.5 Å². The molecule has 0 aromatic heterocycles. The van der Waals surface area contributed by atoms with Crippen molar-refractivity contribution in [2.45, 2.75) is 49.3 Å². The Balaban J connectivity index is 1.97. The van der Waals surface area contributed by atoms with E-state index in [1.54, 1.807) is 11.9 Å². The van der Waals surface area contributed by atoms with Gasteiger partial charge < -0.3 is 20.1 Å². The summed E-state index contributed by atoms with van der Waals surface area (Å²) in [7, 11) is 1.65. The van der Waals surface area contributed by atoms with Crippen LogP contribution in [0.25, 0.3) is 0 Å². The van der Waals surface area contributed by atoms with E-state index in [1.165, 1.54) is 0 Å². The van der Waals surface area contributed by atoms with Crippen molar-refractivity contribution < 1.29 is 33.2 Å². The van der Waals surface area contributed by atoms with Gasteiger partial charge >= 0.3 is 6.18 Å². The molecule has 0 aliphatic carbocycles. The summed E-state index contributed by atoms with van der Waals surface area (Å²) >= 11 is 0. The number of rotatable bonds is 3. The van der Waals surface area contributed by atoms with Crippen molar-refractivity contribution in [2.75, 3.05) is 26.8 Å². The molecular formula is C12H22F3N3O4. The van der Waals surface area contributed by atoms with Gasteiger partial charge in [0.1, 0.15) is 30.6 Å². The first kappa shape index (κ1) is 17.9. The molecular weight excluding hydrogens is 307 g/mol. The number of aliphatic hydroxyl groups excluding tert-OH is 3. The number of aliphatic hydroxyl groups is 3. The van der Waals surface area contributed by atoms with Gasteiger partial charge in [-0.2, -0.15) is 13.2 Å². The predicted octanol–water partition coefficient (Wildman–Crippen LogP) is -1.80. The number of hydrogen-bond donors (Lipinski definition) is 5. The highest BCUT2D eigenvalue weighted by Gasteiger charge is 2.45. The summed E-state index contributed by atoms with van der Waals surface area (Å²) < 4.78 is 43.6. The molecule has 0 aromatic rings. The van der Waals surface area contributed by atoms with E-state index >= 15 is 0 Å². The number of alkyl halides is 3. The molecule has 6 atom stereocenters. The molecule has 2 fully saturated rings. The quantitative estimate of drug-likeness (QED) is 0.417. The first-order chi connectivity index (χ1) is 10.2. The standard InChI is InChI=1S/C12H22F3N3O4/c1-18-3-2-8(12(13,14)15)17-11(18)16-6-5-22-7(4-19)10(21)9(6)20/h6-11,16-17,19-21H,2-5H2,1H3/t6-,7-,8?,9-,10+,11?/m1/s1. The molecule has 2 saturated heterocycles. The smallest absolute Gasteiger partial charge is 0.394 e. The van der Waals surface area contributed by atoms with Crippen LogP contribution in [0, 0.1) is 0 Å². The Morgan fingerprint density at radius 2 is 2.00 bits per heavy atom. The minimum absolute atomic E-state index is 0.0217. The van der Waals surface area contributed by atoms with Gasteiger partial charge in [0.2, 0.25) is 0 Å². The summed E-state index contributed by atoms with van der Waals surface area (Å²) in [6.45, 7) is -0.227. The monoisotopic (exact) mass is 329 g/mol. The lowest BCUT2D eigenvalue weighted by Gasteiger charge is -2.44. The number of halogens is 3. The summed E-state index contributed by atoms with van der Waals surface area (Å²) in [5, 5.41) is 34.1. The van der Waals surface area contributed by atoms with E-state index in [1.807, 2.05) is 0 Å². The van der Waals surface area contributed by atoms with Gasteiger partial charge in [-0.1, -0.05) is 0 Å². The van der Waals surface area contributed by atoms with Crippen LogP contribution >= 0.6 is 0 Å². The molecule has 2 aliphatic heterocycles. The van der Waals surface area contributed by atoms with Crippen LogP contribution in [0.2, 0.25) is 0 Å². The van der Waals surface area contributed by atoms with Crippen molar-refractivity contribution in [3.05, 3.63) is 0 Å². The molecule has 0 saturated carbocycles. The molecule has 0 spiro atoms. The zero-order valence-electron chi connectivity index (χ0n) is 12.1. The molecule has 2 rings (SSSR count). The molecule has 130 valence electrons. The molecule has 0 bridgehead atoms. The minimum Gasteiger partial charge on any atom is -0.394 e. The maximum absolute atomic E-state index is 12.8. The highest BCUT2D eigenvalue weighted by Crippen LogP contribution is 2.25. The topological polar surface area (TPSA) is 97.2 Å². The average Bonchev–Trinajstić information content (AvgIpc) is 2.45. The molecule has 7 nitrogen and oxygen atoms in total. The van der Waals surface area contributed by atoms with Gasteiger partial charge in [0.05, 0.1) is 19.3 Å². The summed E-state index contributed by atoms with van der Waals surface area (Å²) in [5.41, 5.74) is 0. The minimum atomic E-state index is -4.34. The van der Waals surface area contributed by atoms with Crippen LogP contribution in [0.5, 0.6) is 0 Å². The Morgan fingerprint density at radius 3 is 2.59 bits per heavy atom. The molecule has 0 radical (unpaired) electrons. The van der Waals surface area contributed by atoms with Gasteiger partial charge in [-0.15, -0.1) is 0 Å². The van der Waals surface area contributed by atoms with Gasteiger partial charge in [-0.25, -0.2) is 0 Å². The van der Waals surface area contributed by atoms with Gasteiger partial charge in [-0.3, -0.25) is 15.5 Å². The van der Waals surface area contributed by atoms with Gasteiger partial charge in [0.25, 0.3) is 0 Å². The Kier molecular flexibility index (Phi) is 5.64. The van der Waals surface area contributed by atoms with Crippen molar-refractivity contribution in [2.24, 2.45) is 0 Å². The average molecular weight is 329 g/mol. The van der Waals surface area contributed by atoms with Crippen LogP contribution < -0.4 is 10.6 Å². The van der Waals surface area contributed by atoms with Crippen LogP contribution in [0.15, 0.2) is 0 Å². The molecule has 2 heterocycles. The highest BCUT2D eigenvalue weighted by atomic mass is 19.4. The normalized spacial score (nSPS) is 41.6. The molecule has 2 aliphatic rings. The molecule has 0 amide bonds. The summed E-state index contributed by atoms with van der Waals surface area (Å²) in [6, 6.07) is -2.37. The van der Waals surface area contributed by atoms with E-state index in [9.17, 15) is 23.4 Å². The second-order valence-electron chi connectivity index (χ2n) is 5.74. The van der Waals surface area contributed by atoms with E-state index in [4.69, 9.17) is 9.84 Å². The lowest BCUT2D eigenvalue weighted by molar-refractivity contribution is -0.181. The second-order valence-corrected chi connectivity index (χ2v) is 5.74. The van der Waals surface area contributed by atoms with Gasteiger partial charge in [0, 0.05) is 6.54 Å². The van der Waals surface area contributed by atoms with Gasteiger partial charge in [-0.05, 0) is 13.5 Å². The van der Waals surface area contributed by atoms with Crippen molar-refractivity contribution >= 4 is 0 Å². The fraction of sp³-hybridized carbons (Fsp3) is 1.00. The third-order valence-electron chi connectivity index (χ3n) is 4.15. The molecule has 0 aromatic carbocycles. The number of nitrogens with zero attached hydrogens (tertiary/aromatic N) is 1.